The zero-order valence-corrected chi connectivity index (χ0v) is 7.75. The van der Waals surface area contributed by atoms with E-state index in [1.54, 1.807) is 5.37 Å². The highest BCUT2D eigenvalue weighted by molar-refractivity contribution is 7.74. The minimum absolute atomic E-state index is 0.593. The Hall–Kier alpha value is -1.09. The second-order valence-electron chi connectivity index (χ2n) is 2.25. The molecule has 0 bridgehead atoms. The second kappa shape index (κ2) is 4.72. The first kappa shape index (κ1) is 9.00. The summed E-state index contributed by atoms with van der Waals surface area (Å²) in [5.41, 5.74) is 0.952. The normalized spacial score (nSPS) is 9.08. The summed E-state index contributed by atoms with van der Waals surface area (Å²) in [4.78, 5) is 0. The molecule has 3 heteroatoms. The molecule has 0 aliphatic heterocycles. The van der Waals surface area contributed by atoms with E-state index in [1.807, 2.05) is 37.3 Å². The van der Waals surface area contributed by atoms with Crippen LogP contribution in [0.2, 0.25) is 0 Å². The molecule has 1 rings (SSSR count). The number of hydrogen-bond donors (Lipinski definition) is 0. The van der Waals surface area contributed by atoms with Gasteiger partial charge < -0.3 is 0 Å². The molecule has 0 heterocycles. The molecule has 64 valence electrons. The summed E-state index contributed by atoms with van der Waals surface area (Å²) in [6.45, 7) is 2.46. The van der Waals surface area contributed by atoms with Crippen LogP contribution in [0.25, 0.3) is 0 Å². The van der Waals surface area contributed by atoms with Crippen LogP contribution >= 0.6 is 0 Å². The van der Waals surface area contributed by atoms with Crippen molar-refractivity contribution in [3.63, 3.8) is 0 Å². The summed E-state index contributed by atoms with van der Waals surface area (Å²) < 4.78 is 14.9. The first-order valence-corrected chi connectivity index (χ1v) is 4.98. The molecule has 0 saturated heterocycles. The van der Waals surface area contributed by atoms with Crippen LogP contribution in [-0.4, -0.2) is 16.1 Å². The fourth-order valence-corrected chi connectivity index (χ4v) is 1.53. The maximum atomic E-state index is 11.1. The summed E-state index contributed by atoms with van der Waals surface area (Å²) in [7, 11) is -1.17. The minimum Gasteiger partial charge on any atom is -0.207 e. The van der Waals surface area contributed by atoms with Crippen LogP contribution in [-0.2, 0) is 10.2 Å². The van der Waals surface area contributed by atoms with Crippen molar-refractivity contribution >= 4 is 15.6 Å². The van der Waals surface area contributed by atoms with E-state index < -0.39 is 10.2 Å². The molecular formula is C9H11NOS. The Morgan fingerprint density at radius 3 is 2.67 bits per heavy atom. The van der Waals surface area contributed by atoms with Gasteiger partial charge in [0, 0.05) is 5.37 Å². The lowest BCUT2D eigenvalue weighted by molar-refractivity contribution is 0.695. The van der Waals surface area contributed by atoms with Gasteiger partial charge >= 0.3 is 0 Å². The summed E-state index contributed by atoms with van der Waals surface area (Å²) >= 11 is 0. The lowest BCUT2D eigenvalue weighted by Crippen LogP contribution is -1.79. The highest BCUT2D eigenvalue weighted by atomic mass is 32.2. The number of nitrogens with zero attached hydrogens (tertiary/aromatic N) is 1. The van der Waals surface area contributed by atoms with Crippen LogP contribution in [0.4, 0.5) is 0 Å². The van der Waals surface area contributed by atoms with Crippen LogP contribution < -0.4 is 0 Å². The number of rotatable bonds is 2. The fraction of sp³-hybridized carbons (Fsp3) is 0.222. The standard InChI is InChI=1S/C9H11NOS/c1-2-10-12(11)8-9-6-4-3-5-7-9/h3-8H,2H2,1H3. The van der Waals surface area contributed by atoms with Gasteiger partial charge in [0.2, 0.25) is 0 Å². The quantitative estimate of drug-likeness (QED) is 0.639. The predicted molar refractivity (Wildman–Crippen MR) is 52.7 cm³/mol. The topological polar surface area (TPSA) is 29.4 Å². The smallest absolute Gasteiger partial charge is 0.0970 e. The molecule has 0 N–H and O–H groups in total. The van der Waals surface area contributed by atoms with Crippen LogP contribution in [0.5, 0.6) is 0 Å². The Morgan fingerprint density at radius 2 is 2.08 bits per heavy atom. The molecule has 0 saturated carbocycles. The van der Waals surface area contributed by atoms with Gasteiger partial charge in [-0.3, -0.25) is 0 Å². The highest BCUT2D eigenvalue weighted by Crippen LogP contribution is 1.92. The average molecular weight is 181 g/mol. The SMILES string of the molecule is CCN=S(=O)=Cc1ccccc1. The van der Waals surface area contributed by atoms with E-state index in [9.17, 15) is 4.21 Å². The van der Waals surface area contributed by atoms with E-state index in [0.29, 0.717) is 6.54 Å². The van der Waals surface area contributed by atoms with Crippen molar-refractivity contribution in [2.45, 2.75) is 6.92 Å². The second-order valence-corrected chi connectivity index (χ2v) is 3.30. The van der Waals surface area contributed by atoms with E-state index in [1.165, 1.54) is 0 Å². The minimum atomic E-state index is -1.17. The molecule has 0 fully saturated rings. The van der Waals surface area contributed by atoms with Gasteiger partial charge in [-0.1, -0.05) is 30.3 Å². The van der Waals surface area contributed by atoms with Gasteiger partial charge in [0.25, 0.3) is 0 Å². The molecular weight excluding hydrogens is 170 g/mol. The van der Waals surface area contributed by atoms with Gasteiger partial charge in [-0.25, -0.2) is 8.57 Å². The first-order valence-electron chi connectivity index (χ1n) is 3.81. The Morgan fingerprint density at radius 1 is 1.42 bits per heavy atom. The Kier molecular flexibility index (Phi) is 3.54. The van der Waals surface area contributed by atoms with Crippen molar-refractivity contribution in [3.05, 3.63) is 35.9 Å². The van der Waals surface area contributed by atoms with Crippen molar-refractivity contribution in [2.24, 2.45) is 4.36 Å². The Labute approximate surface area is 74.0 Å². The molecule has 1 aromatic rings. The van der Waals surface area contributed by atoms with Gasteiger partial charge in [-0.2, -0.15) is 0 Å². The molecule has 12 heavy (non-hydrogen) atoms. The lowest BCUT2D eigenvalue weighted by Gasteiger charge is -1.85. The van der Waals surface area contributed by atoms with Crippen molar-refractivity contribution in [1.29, 1.82) is 0 Å². The Balaban J connectivity index is 2.97. The maximum absolute atomic E-state index is 11.1. The highest BCUT2D eigenvalue weighted by Gasteiger charge is 1.81. The first-order chi connectivity index (χ1) is 5.83. The summed E-state index contributed by atoms with van der Waals surface area (Å²) in [6, 6.07) is 9.56. The molecule has 0 unspecified atom stereocenters. The number of benzene rings is 1. The van der Waals surface area contributed by atoms with Gasteiger partial charge in [0.1, 0.15) is 0 Å². The molecule has 0 aliphatic carbocycles. The largest absolute Gasteiger partial charge is 0.207 e. The monoisotopic (exact) mass is 181 g/mol. The molecule has 0 atom stereocenters. The van der Waals surface area contributed by atoms with E-state index >= 15 is 0 Å². The average Bonchev–Trinajstić information content (AvgIpc) is 2.06. The van der Waals surface area contributed by atoms with Crippen LogP contribution in [0.15, 0.2) is 34.7 Å². The molecule has 0 aliphatic rings. The molecule has 1 aromatic carbocycles. The zero-order chi connectivity index (χ0) is 8.81. The van der Waals surface area contributed by atoms with Crippen molar-refractivity contribution in [3.8, 4) is 0 Å². The Bertz CT molecular complexity index is 367. The van der Waals surface area contributed by atoms with Gasteiger partial charge in [0.15, 0.2) is 0 Å². The summed E-state index contributed by atoms with van der Waals surface area (Å²) in [5, 5.41) is 1.64. The summed E-state index contributed by atoms with van der Waals surface area (Å²) in [5.74, 6) is 0. The van der Waals surface area contributed by atoms with Crippen molar-refractivity contribution in [2.75, 3.05) is 6.54 Å². The van der Waals surface area contributed by atoms with Gasteiger partial charge in [0.05, 0.1) is 16.7 Å². The van der Waals surface area contributed by atoms with E-state index in [2.05, 4.69) is 4.36 Å². The number of hydrogen-bond acceptors (Lipinski definition) is 2. The van der Waals surface area contributed by atoms with Gasteiger partial charge in [-0.15, -0.1) is 0 Å². The van der Waals surface area contributed by atoms with E-state index in [-0.39, 0.29) is 0 Å². The van der Waals surface area contributed by atoms with Crippen LogP contribution in [0.1, 0.15) is 12.5 Å². The predicted octanol–water partition coefficient (Wildman–Crippen LogP) is 1.79. The van der Waals surface area contributed by atoms with Crippen LogP contribution in [0.3, 0.4) is 0 Å². The molecule has 0 radical (unpaired) electrons. The summed E-state index contributed by atoms with van der Waals surface area (Å²) in [6.07, 6.45) is 0. The maximum Gasteiger partial charge on any atom is 0.0970 e. The van der Waals surface area contributed by atoms with Crippen molar-refractivity contribution < 1.29 is 4.21 Å². The van der Waals surface area contributed by atoms with Crippen molar-refractivity contribution in [1.82, 2.24) is 0 Å². The third-order valence-electron chi connectivity index (χ3n) is 1.29. The third kappa shape index (κ3) is 2.88. The zero-order valence-electron chi connectivity index (χ0n) is 6.93. The molecule has 0 amide bonds. The van der Waals surface area contributed by atoms with E-state index in [0.717, 1.165) is 5.56 Å². The fourth-order valence-electron chi connectivity index (χ4n) is 0.813. The van der Waals surface area contributed by atoms with E-state index in [4.69, 9.17) is 0 Å². The van der Waals surface area contributed by atoms with Crippen LogP contribution in [0, 0.1) is 0 Å². The molecule has 0 spiro atoms. The van der Waals surface area contributed by atoms with Gasteiger partial charge in [-0.05, 0) is 12.5 Å². The lowest BCUT2D eigenvalue weighted by atomic mass is 10.2. The third-order valence-corrected chi connectivity index (χ3v) is 2.28. The molecule has 0 aromatic heterocycles. The molecule has 2 nitrogen and oxygen atoms in total.